The molecule has 11 heteroatoms. The molecule has 0 saturated carbocycles. The summed E-state index contributed by atoms with van der Waals surface area (Å²) in [6.45, 7) is 3.17. The van der Waals surface area contributed by atoms with Crippen molar-refractivity contribution in [2.75, 3.05) is 13.2 Å². The number of likely N-dealkylation sites (tertiary alicyclic amines) is 1. The number of carbonyl (C=O) groups excluding carboxylic acids is 3. The molecule has 1 aromatic rings. The summed E-state index contributed by atoms with van der Waals surface area (Å²) < 4.78 is 0. The summed E-state index contributed by atoms with van der Waals surface area (Å²) in [7, 11) is 0. The molecule has 0 radical (unpaired) electrons. The Bertz CT molecular complexity index is 877. The third-order valence-corrected chi connectivity index (χ3v) is 6.19. The minimum atomic E-state index is -1.37. The Morgan fingerprint density at radius 2 is 1.74 bits per heavy atom. The van der Waals surface area contributed by atoms with Gasteiger partial charge in [0.25, 0.3) is 0 Å². The summed E-state index contributed by atoms with van der Waals surface area (Å²) >= 11 is 0. The molecule has 0 spiro atoms. The molecule has 0 bridgehead atoms. The molecule has 7 N–H and O–H groups in total. The third-order valence-electron chi connectivity index (χ3n) is 6.19. The largest absolute Gasteiger partial charge is 0.508 e. The van der Waals surface area contributed by atoms with Crippen molar-refractivity contribution in [1.82, 2.24) is 15.5 Å². The summed E-state index contributed by atoms with van der Waals surface area (Å²) in [5, 5.41) is 33.7. The van der Waals surface area contributed by atoms with Gasteiger partial charge in [0.1, 0.15) is 23.9 Å². The Kier molecular flexibility index (Phi) is 9.82. The monoisotopic (exact) mass is 478 g/mol. The minimum Gasteiger partial charge on any atom is -0.508 e. The highest BCUT2D eigenvalue weighted by molar-refractivity contribution is 5.94. The van der Waals surface area contributed by atoms with E-state index in [4.69, 9.17) is 5.73 Å². The molecule has 11 nitrogen and oxygen atoms in total. The summed E-state index contributed by atoms with van der Waals surface area (Å²) in [4.78, 5) is 51.2. The van der Waals surface area contributed by atoms with Crippen LogP contribution in [-0.2, 0) is 25.6 Å². The number of nitrogens with zero attached hydrogens (tertiary/aromatic N) is 1. The maximum Gasteiger partial charge on any atom is 0.326 e. The maximum absolute atomic E-state index is 13.1. The molecule has 1 aromatic carbocycles. The Labute approximate surface area is 198 Å². The van der Waals surface area contributed by atoms with Crippen LogP contribution in [0.2, 0.25) is 0 Å². The van der Waals surface area contributed by atoms with Crippen LogP contribution in [-0.4, -0.2) is 81.2 Å². The highest BCUT2D eigenvalue weighted by Gasteiger charge is 2.38. The number of aliphatic hydroxyl groups is 1. The average molecular weight is 479 g/mol. The van der Waals surface area contributed by atoms with Crippen LogP contribution in [0.4, 0.5) is 0 Å². The second-order valence-corrected chi connectivity index (χ2v) is 8.61. The van der Waals surface area contributed by atoms with E-state index < -0.39 is 54.5 Å². The average Bonchev–Trinajstić information content (AvgIpc) is 3.32. The molecule has 34 heavy (non-hydrogen) atoms. The van der Waals surface area contributed by atoms with E-state index in [1.165, 1.54) is 12.1 Å². The van der Waals surface area contributed by atoms with Crippen LogP contribution >= 0.6 is 0 Å². The fourth-order valence-corrected chi connectivity index (χ4v) is 3.80. The van der Waals surface area contributed by atoms with E-state index in [1.54, 1.807) is 12.1 Å². The van der Waals surface area contributed by atoms with Gasteiger partial charge < -0.3 is 36.6 Å². The lowest BCUT2D eigenvalue weighted by Crippen LogP contribution is -2.59. The highest BCUT2D eigenvalue weighted by Crippen LogP contribution is 2.19. The number of rotatable bonds is 11. The number of phenols is 1. The molecule has 0 aliphatic carbocycles. The molecule has 1 fully saturated rings. The van der Waals surface area contributed by atoms with E-state index in [2.05, 4.69) is 10.6 Å². The van der Waals surface area contributed by atoms with E-state index in [9.17, 15) is 34.5 Å². The van der Waals surface area contributed by atoms with Crippen molar-refractivity contribution < 1.29 is 34.5 Å². The summed E-state index contributed by atoms with van der Waals surface area (Å²) in [5.74, 6) is -3.21. The van der Waals surface area contributed by atoms with Gasteiger partial charge in [0.2, 0.25) is 17.7 Å². The summed E-state index contributed by atoms with van der Waals surface area (Å²) in [6.07, 6.45) is 1.49. The fraction of sp³-hybridized carbons (Fsp3) is 0.565. The number of nitrogens with two attached hydrogens (primary N) is 1. The van der Waals surface area contributed by atoms with Gasteiger partial charge in [0, 0.05) is 13.0 Å². The normalized spacial score (nSPS) is 19.1. The number of amides is 3. The number of benzene rings is 1. The van der Waals surface area contributed by atoms with E-state index >= 15 is 0 Å². The SMILES string of the molecule is CCC(C)C(N)C(=O)NC(Cc1ccc(O)cc1)C(=O)NC(CO)C(=O)N1CCCC1C(=O)O. The van der Waals surface area contributed by atoms with Crippen molar-refractivity contribution in [2.24, 2.45) is 11.7 Å². The third kappa shape index (κ3) is 6.91. The van der Waals surface area contributed by atoms with Gasteiger partial charge in [0.15, 0.2) is 0 Å². The lowest BCUT2D eigenvalue weighted by Gasteiger charge is -2.28. The van der Waals surface area contributed by atoms with E-state index in [0.29, 0.717) is 24.8 Å². The summed E-state index contributed by atoms with van der Waals surface area (Å²) in [6, 6.07) is 1.71. The molecule has 5 atom stereocenters. The number of hydrogen-bond donors (Lipinski definition) is 6. The summed E-state index contributed by atoms with van der Waals surface area (Å²) in [5.41, 5.74) is 6.63. The molecule has 1 saturated heterocycles. The maximum atomic E-state index is 13.1. The van der Waals surface area contributed by atoms with Crippen molar-refractivity contribution in [3.8, 4) is 5.75 Å². The fourth-order valence-electron chi connectivity index (χ4n) is 3.80. The number of hydrogen-bond acceptors (Lipinski definition) is 7. The van der Waals surface area contributed by atoms with Crippen molar-refractivity contribution in [3.63, 3.8) is 0 Å². The Morgan fingerprint density at radius 3 is 2.29 bits per heavy atom. The van der Waals surface area contributed by atoms with Gasteiger partial charge in [-0.15, -0.1) is 0 Å². The number of nitrogens with one attached hydrogen (secondary N) is 2. The highest BCUT2D eigenvalue weighted by atomic mass is 16.4. The quantitative estimate of drug-likeness (QED) is 0.242. The minimum absolute atomic E-state index is 0.0390. The van der Waals surface area contributed by atoms with Gasteiger partial charge in [0.05, 0.1) is 12.6 Å². The number of phenolic OH excluding ortho intramolecular Hbond substituents is 1. The van der Waals surface area contributed by atoms with Crippen molar-refractivity contribution in [3.05, 3.63) is 29.8 Å². The molecule has 5 unspecified atom stereocenters. The molecule has 2 rings (SSSR count). The number of aliphatic hydroxyl groups excluding tert-OH is 1. The number of carbonyl (C=O) groups is 4. The molecular weight excluding hydrogens is 444 g/mol. The van der Waals surface area contributed by atoms with Crippen LogP contribution in [0.3, 0.4) is 0 Å². The van der Waals surface area contributed by atoms with Crippen molar-refractivity contribution >= 4 is 23.7 Å². The zero-order valence-electron chi connectivity index (χ0n) is 19.4. The Hall–Kier alpha value is -3.18. The van der Waals surface area contributed by atoms with E-state index in [1.807, 2.05) is 13.8 Å². The van der Waals surface area contributed by atoms with Gasteiger partial charge >= 0.3 is 5.97 Å². The molecule has 1 aliphatic heterocycles. The van der Waals surface area contributed by atoms with Crippen LogP contribution in [0.1, 0.15) is 38.7 Å². The smallest absolute Gasteiger partial charge is 0.326 e. The van der Waals surface area contributed by atoms with Crippen LogP contribution in [0.25, 0.3) is 0 Å². The first-order chi connectivity index (χ1) is 16.1. The van der Waals surface area contributed by atoms with E-state index in [-0.39, 0.29) is 24.6 Å². The Morgan fingerprint density at radius 1 is 1.12 bits per heavy atom. The molecular formula is C23H34N4O7. The number of carboxylic acids is 1. The van der Waals surface area contributed by atoms with Crippen molar-refractivity contribution in [2.45, 2.75) is 63.7 Å². The van der Waals surface area contributed by atoms with Crippen LogP contribution in [0, 0.1) is 5.92 Å². The van der Waals surface area contributed by atoms with Crippen LogP contribution in [0.15, 0.2) is 24.3 Å². The number of aromatic hydroxyl groups is 1. The second kappa shape index (κ2) is 12.3. The molecule has 0 aromatic heterocycles. The number of aliphatic carboxylic acids is 1. The van der Waals surface area contributed by atoms with Gasteiger partial charge in [-0.25, -0.2) is 4.79 Å². The molecule has 1 heterocycles. The van der Waals surface area contributed by atoms with Crippen molar-refractivity contribution in [1.29, 1.82) is 0 Å². The standard InChI is InChI=1S/C23H34N4O7/c1-3-13(2)19(24)21(31)25-16(11-14-6-8-15(29)9-7-14)20(30)26-17(12-28)22(32)27-10-4-5-18(27)23(33)34/h6-9,13,16-19,28-29H,3-5,10-12,24H2,1-2H3,(H,25,31)(H,26,30)(H,33,34). The predicted molar refractivity (Wildman–Crippen MR) is 123 cm³/mol. The first kappa shape index (κ1) is 27.1. The van der Waals surface area contributed by atoms with Crippen LogP contribution in [0.5, 0.6) is 5.75 Å². The van der Waals surface area contributed by atoms with Crippen LogP contribution < -0.4 is 16.4 Å². The molecule has 188 valence electrons. The van der Waals surface area contributed by atoms with E-state index in [0.717, 1.165) is 4.90 Å². The molecule has 1 aliphatic rings. The second-order valence-electron chi connectivity index (χ2n) is 8.61. The topological polar surface area (TPSA) is 182 Å². The first-order valence-electron chi connectivity index (χ1n) is 11.4. The Balaban J connectivity index is 2.19. The number of carboxylic acid groups (broad SMARTS) is 1. The van der Waals surface area contributed by atoms with Gasteiger partial charge in [-0.1, -0.05) is 32.4 Å². The zero-order chi connectivity index (χ0) is 25.4. The van der Waals surface area contributed by atoms with Gasteiger partial charge in [-0.3, -0.25) is 14.4 Å². The van der Waals surface area contributed by atoms with Gasteiger partial charge in [-0.2, -0.15) is 0 Å². The zero-order valence-corrected chi connectivity index (χ0v) is 19.4. The lowest BCUT2D eigenvalue weighted by molar-refractivity contribution is -0.150. The predicted octanol–water partition coefficient (Wildman–Crippen LogP) is -0.654. The molecule has 3 amide bonds. The lowest BCUT2D eigenvalue weighted by atomic mass is 9.98. The van der Waals surface area contributed by atoms with Gasteiger partial charge in [-0.05, 0) is 36.5 Å². The first-order valence-corrected chi connectivity index (χ1v) is 11.4.